The van der Waals surface area contributed by atoms with Gasteiger partial charge in [-0.05, 0) is 26.1 Å². The molecule has 0 radical (unpaired) electrons. The Morgan fingerprint density at radius 3 is 3.00 bits per heavy atom. The highest BCUT2D eigenvalue weighted by molar-refractivity contribution is 5.91. The first-order chi connectivity index (χ1) is 8.67. The van der Waals surface area contributed by atoms with Crippen LogP contribution < -0.4 is 11.3 Å². The lowest BCUT2D eigenvalue weighted by molar-refractivity contribution is 0.0947. The molecule has 0 aliphatic carbocycles. The molecular formula is C12H20N4O2. The summed E-state index contributed by atoms with van der Waals surface area (Å²) >= 11 is 0. The first kappa shape index (κ1) is 14.6. The van der Waals surface area contributed by atoms with Gasteiger partial charge in [0, 0.05) is 19.7 Å². The molecule has 1 aromatic heterocycles. The number of pyridine rings is 1. The lowest BCUT2D eigenvalue weighted by atomic mass is 10.3. The van der Waals surface area contributed by atoms with Gasteiger partial charge in [-0.15, -0.1) is 0 Å². The Morgan fingerprint density at radius 2 is 2.33 bits per heavy atom. The summed E-state index contributed by atoms with van der Waals surface area (Å²) in [6.45, 7) is 4.87. The van der Waals surface area contributed by atoms with Gasteiger partial charge in [0.2, 0.25) is 0 Å². The topological polar surface area (TPSA) is 80.5 Å². The zero-order valence-corrected chi connectivity index (χ0v) is 10.8. The number of likely N-dealkylation sites (N-methyl/N-ethyl adjacent to an activating group) is 1. The van der Waals surface area contributed by atoms with E-state index in [1.165, 1.54) is 0 Å². The molecule has 0 bridgehead atoms. The van der Waals surface area contributed by atoms with Crippen LogP contribution in [0, 0.1) is 0 Å². The molecule has 6 heteroatoms. The molecular weight excluding hydrogens is 232 g/mol. The summed E-state index contributed by atoms with van der Waals surface area (Å²) < 4.78 is 5.28. The van der Waals surface area contributed by atoms with Crippen molar-refractivity contribution in [3.8, 4) is 0 Å². The Kier molecular flexibility index (Phi) is 6.27. The van der Waals surface area contributed by atoms with Crippen molar-refractivity contribution in [2.24, 2.45) is 5.84 Å². The molecule has 0 aliphatic heterocycles. The number of ether oxygens (including phenoxy) is 1. The zero-order valence-electron chi connectivity index (χ0n) is 10.8. The Hall–Kier alpha value is -1.50. The molecule has 6 nitrogen and oxygen atoms in total. The number of nitrogen functional groups attached to an aromatic ring is 1. The van der Waals surface area contributed by atoms with Crippen LogP contribution >= 0.6 is 0 Å². The minimum Gasteiger partial charge on any atom is -0.380 e. The lowest BCUT2D eigenvalue weighted by Crippen LogP contribution is -2.31. The van der Waals surface area contributed by atoms with Gasteiger partial charge in [-0.2, -0.15) is 0 Å². The third kappa shape index (κ3) is 4.79. The molecule has 1 amide bonds. The normalized spacial score (nSPS) is 10.7. The largest absolute Gasteiger partial charge is 0.380 e. The number of rotatable bonds is 7. The fourth-order valence-electron chi connectivity index (χ4n) is 1.49. The number of hydrogen-bond acceptors (Lipinski definition) is 5. The smallest absolute Gasteiger partial charge is 0.283 e. The molecule has 18 heavy (non-hydrogen) atoms. The number of amides is 1. The van der Waals surface area contributed by atoms with Crippen LogP contribution in [0.2, 0.25) is 0 Å². The van der Waals surface area contributed by atoms with Crippen LogP contribution in [0.1, 0.15) is 23.1 Å². The predicted octanol–water partition coefficient (Wildman–Crippen LogP) is 0.153. The van der Waals surface area contributed by atoms with Crippen LogP contribution in [0.5, 0.6) is 0 Å². The molecule has 0 aromatic carbocycles. The summed E-state index contributed by atoms with van der Waals surface area (Å²) in [7, 11) is 1.98. The molecule has 0 atom stereocenters. The molecule has 0 saturated carbocycles. The number of nitrogens with one attached hydrogen (secondary N) is 1. The molecule has 0 spiro atoms. The fraction of sp³-hybridized carbons (Fsp3) is 0.500. The summed E-state index contributed by atoms with van der Waals surface area (Å²) in [5.41, 5.74) is 3.22. The van der Waals surface area contributed by atoms with Gasteiger partial charge in [-0.3, -0.25) is 15.1 Å². The van der Waals surface area contributed by atoms with E-state index in [2.05, 4.69) is 15.3 Å². The highest BCUT2D eigenvalue weighted by atomic mass is 16.5. The summed E-state index contributed by atoms with van der Waals surface area (Å²) in [5, 5.41) is 0. The second kappa shape index (κ2) is 7.75. The second-order valence-electron chi connectivity index (χ2n) is 3.92. The lowest BCUT2D eigenvalue weighted by Gasteiger charge is -2.16. The number of hydrazine groups is 1. The zero-order chi connectivity index (χ0) is 13.4. The van der Waals surface area contributed by atoms with Gasteiger partial charge in [-0.1, -0.05) is 6.07 Å². The summed E-state index contributed by atoms with van der Waals surface area (Å²) in [5.74, 6) is 4.69. The van der Waals surface area contributed by atoms with Crippen LogP contribution in [-0.2, 0) is 11.3 Å². The molecule has 0 aliphatic rings. The standard InChI is InChI=1S/C12H20N4O2/c1-3-18-8-7-16(2)9-10-5-4-6-11(14-10)12(17)15-13/h4-6H,3,7-9,13H2,1-2H3,(H,15,17). The molecule has 1 rings (SSSR count). The number of nitrogens with zero attached hydrogens (tertiary/aromatic N) is 2. The second-order valence-corrected chi connectivity index (χ2v) is 3.92. The molecule has 1 aromatic rings. The van der Waals surface area contributed by atoms with E-state index in [0.29, 0.717) is 18.8 Å². The van der Waals surface area contributed by atoms with E-state index < -0.39 is 0 Å². The van der Waals surface area contributed by atoms with Crippen molar-refractivity contribution in [2.45, 2.75) is 13.5 Å². The average molecular weight is 252 g/mol. The van der Waals surface area contributed by atoms with Gasteiger partial charge in [0.25, 0.3) is 5.91 Å². The molecule has 0 saturated heterocycles. The van der Waals surface area contributed by atoms with Crippen molar-refractivity contribution in [1.29, 1.82) is 0 Å². The van der Waals surface area contributed by atoms with E-state index in [1.807, 2.05) is 20.0 Å². The number of aromatic nitrogens is 1. The first-order valence-corrected chi connectivity index (χ1v) is 5.90. The van der Waals surface area contributed by atoms with Crippen molar-refractivity contribution in [1.82, 2.24) is 15.3 Å². The monoisotopic (exact) mass is 252 g/mol. The molecule has 0 fully saturated rings. The third-order valence-corrected chi connectivity index (χ3v) is 2.42. The number of nitrogens with two attached hydrogens (primary N) is 1. The van der Waals surface area contributed by atoms with Crippen LogP contribution in [0.25, 0.3) is 0 Å². The number of carbonyl (C=O) groups excluding carboxylic acids is 1. The Labute approximate surface area is 107 Å². The molecule has 100 valence electrons. The minimum atomic E-state index is -0.381. The predicted molar refractivity (Wildman–Crippen MR) is 68.7 cm³/mol. The van der Waals surface area contributed by atoms with E-state index in [1.54, 1.807) is 12.1 Å². The first-order valence-electron chi connectivity index (χ1n) is 5.90. The fourth-order valence-corrected chi connectivity index (χ4v) is 1.49. The van der Waals surface area contributed by atoms with Gasteiger partial charge in [0.15, 0.2) is 0 Å². The quantitative estimate of drug-likeness (QED) is 0.312. The molecule has 1 heterocycles. The molecule has 0 unspecified atom stereocenters. The third-order valence-electron chi connectivity index (χ3n) is 2.42. The van der Waals surface area contributed by atoms with Crippen LogP contribution in [0.3, 0.4) is 0 Å². The van der Waals surface area contributed by atoms with Gasteiger partial charge in [0.05, 0.1) is 12.3 Å². The van der Waals surface area contributed by atoms with Crippen LogP contribution in [0.4, 0.5) is 0 Å². The van der Waals surface area contributed by atoms with Crippen molar-refractivity contribution in [2.75, 3.05) is 26.8 Å². The van der Waals surface area contributed by atoms with E-state index in [9.17, 15) is 4.79 Å². The highest BCUT2D eigenvalue weighted by Gasteiger charge is 2.07. The molecule has 3 N–H and O–H groups in total. The van der Waals surface area contributed by atoms with Gasteiger partial charge in [0.1, 0.15) is 5.69 Å². The number of carbonyl (C=O) groups is 1. The summed E-state index contributed by atoms with van der Waals surface area (Å²) in [4.78, 5) is 17.7. The van der Waals surface area contributed by atoms with E-state index >= 15 is 0 Å². The van der Waals surface area contributed by atoms with E-state index in [4.69, 9.17) is 10.6 Å². The minimum absolute atomic E-state index is 0.327. The van der Waals surface area contributed by atoms with Gasteiger partial charge in [-0.25, -0.2) is 10.8 Å². The SMILES string of the molecule is CCOCCN(C)Cc1cccc(C(=O)NN)n1. The maximum absolute atomic E-state index is 11.3. The Bertz CT molecular complexity index is 384. The highest BCUT2D eigenvalue weighted by Crippen LogP contribution is 2.02. The van der Waals surface area contributed by atoms with Gasteiger partial charge < -0.3 is 4.74 Å². The van der Waals surface area contributed by atoms with Crippen LogP contribution in [0.15, 0.2) is 18.2 Å². The Balaban J connectivity index is 2.53. The Morgan fingerprint density at radius 1 is 1.56 bits per heavy atom. The van der Waals surface area contributed by atoms with E-state index in [-0.39, 0.29) is 5.91 Å². The van der Waals surface area contributed by atoms with Crippen molar-refractivity contribution < 1.29 is 9.53 Å². The average Bonchev–Trinajstić information content (AvgIpc) is 2.38. The van der Waals surface area contributed by atoms with Gasteiger partial charge >= 0.3 is 0 Å². The van der Waals surface area contributed by atoms with E-state index in [0.717, 1.165) is 18.8 Å². The van der Waals surface area contributed by atoms with Crippen molar-refractivity contribution in [3.05, 3.63) is 29.6 Å². The van der Waals surface area contributed by atoms with Crippen molar-refractivity contribution in [3.63, 3.8) is 0 Å². The maximum atomic E-state index is 11.3. The van der Waals surface area contributed by atoms with Crippen LogP contribution in [-0.4, -0.2) is 42.6 Å². The summed E-state index contributed by atoms with van der Waals surface area (Å²) in [6.07, 6.45) is 0. The summed E-state index contributed by atoms with van der Waals surface area (Å²) in [6, 6.07) is 5.31. The van der Waals surface area contributed by atoms with Crippen molar-refractivity contribution >= 4 is 5.91 Å². The maximum Gasteiger partial charge on any atom is 0.283 e. The number of hydrogen-bond donors (Lipinski definition) is 2.